The van der Waals surface area contributed by atoms with Gasteiger partial charge in [0, 0.05) is 42.7 Å². The first-order valence-corrected chi connectivity index (χ1v) is 13.9. The molecule has 1 fully saturated rings. The van der Waals surface area contributed by atoms with E-state index in [0.717, 1.165) is 11.1 Å². The van der Waals surface area contributed by atoms with Crippen LogP contribution in [0, 0.1) is 18.7 Å². The molecule has 0 radical (unpaired) electrons. The van der Waals surface area contributed by atoms with Gasteiger partial charge in [-0.2, -0.15) is 4.31 Å². The maximum atomic E-state index is 14.4. The van der Waals surface area contributed by atoms with Gasteiger partial charge in [-0.1, -0.05) is 66.2 Å². The van der Waals surface area contributed by atoms with Gasteiger partial charge < -0.3 is 4.90 Å². The SMILES string of the molecule is Cc1ccc(S(=O)(=O)N2CCC(C(=O)N(CCc3ccccc3)Cc3ccccc3F)CC2)cc1Cl. The summed E-state index contributed by atoms with van der Waals surface area (Å²) in [7, 11) is -3.70. The summed E-state index contributed by atoms with van der Waals surface area (Å²) in [6.45, 7) is 2.95. The fourth-order valence-electron chi connectivity index (χ4n) is 4.49. The Kier molecular flexibility index (Phi) is 8.44. The summed E-state index contributed by atoms with van der Waals surface area (Å²) in [5.74, 6) is -0.724. The van der Waals surface area contributed by atoms with Crippen molar-refractivity contribution in [2.75, 3.05) is 19.6 Å². The van der Waals surface area contributed by atoms with E-state index in [0.29, 0.717) is 36.4 Å². The summed E-state index contributed by atoms with van der Waals surface area (Å²) < 4.78 is 42.1. The van der Waals surface area contributed by atoms with Crippen LogP contribution in [0.3, 0.4) is 0 Å². The van der Waals surface area contributed by atoms with Gasteiger partial charge in [0.1, 0.15) is 5.82 Å². The molecule has 3 aromatic rings. The van der Waals surface area contributed by atoms with Gasteiger partial charge in [-0.3, -0.25) is 4.79 Å². The summed E-state index contributed by atoms with van der Waals surface area (Å²) in [6, 6.07) is 21.1. The van der Waals surface area contributed by atoms with E-state index >= 15 is 0 Å². The number of hydrogen-bond donors (Lipinski definition) is 0. The first kappa shape index (κ1) is 26.3. The smallest absolute Gasteiger partial charge is 0.243 e. The molecule has 3 aromatic carbocycles. The molecule has 0 atom stereocenters. The van der Waals surface area contributed by atoms with Crippen LogP contribution in [0.15, 0.2) is 77.7 Å². The fraction of sp³-hybridized carbons (Fsp3) is 0.321. The van der Waals surface area contributed by atoms with Crippen LogP contribution >= 0.6 is 11.6 Å². The fourth-order valence-corrected chi connectivity index (χ4v) is 6.23. The lowest BCUT2D eigenvalue weighted by atomic mass is 9.96. The van der Waals surface area contributed by atoms with E-state index in [9.17, 15) is 17.6 Å². The second-order valence-corrected chi connectivity index (χ2v) is 11.5. The first-order valence-electron chi connectivity index (χ1n) is 12.1. The maximum absolute atomic E-state index is 14.4. The first-order chi connectivity index (χ1) is 17.3. The number of carbonyl (C=O) groups excluding carboxylic acids is 1. The van der Waals surface area contributed by atoms with E-state index in [-0.39, 0.29) is 42.2 Å². The molecule has 36 heavy (non-hydrogen) atoms. The molecule has 5 nitrogen and oxygen atoms in total. The van der Waals surface area contributed by atoms with E-state index < -0.39 is 10.0 Å². The normalized spacial score (nSPS) is 15.1. The number of hydrogen-bond acceptors (Lipinski definition) is 3. The van der Waals surface area contributed by atoms with Crippen LogP contribution in [0.1, 0.15) is 29.5 Å². The summed E-state index contributed by atoms with van der Waals surface area (Å²) in [5.41, 5.74) is 2.38. The lowest BCUT2D eigenvalue weighted by Gasteiger charge is -2.34. The number of rotatable bonds is 8. The molecule has 4 rings (SSSR count). The minimum atomic E-state index is -3.70. The third-order valence-corrected chi connectivity index (χ3v) is 9.03. The molecule has 8 heteroatoms. The lowest BCUT2D eigenvalue weighted by molar-refractivity contribution is -0.137. The minimum absolute atomic E-state index is 0.0652. The summed E-state index contributed by atoms with van der Waals surface area (Å²) in [6.07, 6.45) is 1.48. The van der Waals surface area contributed by atoms with Gasteiger partial charge in [0.25, 0.3) is 0 Å². The second kappa shape index (κ2) is 11.5. The Morgan fingerprint density at radius 1 is 1.03 bits per heavy atom. The number of benzene rings is 3. The van der Waals surface area contributed by atoms with Gasteiger partial charge in [0.2, 0.25) is 15.9 Å². The Labute approximate surface area is 217 Å². The highest BCUT2D eigenvalue weighted by Crippen LogP contribution is 2.28. The van der Waals surface area contributed by atoms with E-state index in [2.05, 4.69) is 0 Å². The minimum Gasteiger partial charge on any atom is -0.338 e. The van der Waals surface area contributed by atoms with Crippen LogP contribution < -0.4 is 0 Å². The van der Waals surface area contributed by atoms with Crippen molar-refractivity contribution in [3.05, 3.63) is 100 Å². The molecule has 0 aromatic heterocycles. The number of nitrogens with zero attached hydrogens (tertiary/aromatic N) is 2. The molecule has 0 bridgehead atoms. The van der Waals surface area contributed by atoms with Gasteiger partial charge in [-0.25, -0.2) is 12.8 Å². The standard InChI is InChI=1S/C28H30ClFN2O3S/c1-21-11-12-25(19-26(21)29)36(34,35)32-17-14-23(15-18-32)28(33)31(16-13-22-7-3-2-4-8-22)20-24-9-5-6-10-27(24)30/h2-12,19,23H,13-18,20H2,1H3. The highest BCUT2D eigenvalue weighted by Gasteiger charge is 2.34. The van der Waals surface area contributed by atoms with Crippen molar-refractivity contribution in [2.24, 2.45) is 5.92 Å². The van der Waals surface area contributed by atoms with Crippen LogP contribution in [0.4, 0.5) is 4.39 Å². The highest BCUT2D eigenvalue weighted by molar-refractivity contribution is 7.89. The number of aryl methyl sites for hydroxylation is 1. The van der Waals surface area contributed by atoms with E-state index in [4.69, 9.17) is 11.6 Å². The van der Waals surface area contributed by atoms with Crippen molar-refractivity contribution in [1.29, 1.82) is 0 Å². The molecule has 1 heterocycles. The zero-order valence-electron chi connectivity index (χ0n) is 20.2. The molecule has 0 aliphatic carbocycles. The molecule has 190 valence electrons. The zero-order chi connectivity index (χ0) is 25.7. The van der Waals surface area contributed by atoms with E-state index in [1.54, 1.807) is 35.2 Å². The van der Waals surface area contributed by atoms with Crippen molar-refractivity contribution >= 4 is 27.5 Å². The summed E-state index contributed by atoms with van der Waals surface area (Å²) >= 11 is 6.15. The largest absolute Gasteiger partial charge is 0.338 e. The Balaban J connectivity index is 1.45. The van der Waals surface area contributed by atoms with Gasteiger partial charge >= 0.3 is 0 Å². The van der Waals surface area contributed by atoms with Gasteiger partial charge in [0.15, 0.2) is 0 Å². The predicted octanol–water partition coefficient (Wildman–Crippen LogP) is 5.46. The Morgan fingerprint density at radius 3 is 2.36 bits per heavy atom. The average Bonchev–Trinajstić information content (AvgIpc) is 2.89. The van der Waals surface area contributed by atoms with E-state index in [1.165, 1.54) is 16.4 Å². The molecule has 0 spiro atoms. The monoisotopic (exact) mass is 528 g/mol. The molecule has 1 aliphatic rings. The van der Waals surface area contributed by atoms with Crippen LogP contribution in [-0.2, 0) is 27.8 Å². The zero-order valence-corrected chi connectivity index (χ0v) is 21.8. The van der Waals surface area contributed by atoms with Crippen LogP contribution in [0.5, 0.6) is 0 Å². The van der Waals surface area contributed by atoms with Gasteiger partial charge in [-0.05, 0) is 55.5 Å². The van der Waals surface area contributed by atoms with Crippen LogP contribution in [0.2, 0.25) is 5.02 Å². The molecule has 0 unspecified atom stereocenters. The second-order valence-electron chi connectivity index (χ2n) is 9.18. The van der Waals surface area contributed by atoms with Gasteiger partial charge in [0.05, 0.1) is 4.90 Å². The summed E-state index contributed by atoms with van der Waals surface area (Å²) in [5, 5.41) is 0.406. The van der Waals surface area contributed by atoms with E-state index in [1.807, 2.05) is 37.3 Å². The Hall–Kier alpha value is -2.74. The third-order valence-electron chi connectivity index (χ3n) is 6.73. The highest BCUT2D eigenvalue weighted by atomic mass is 35.5. The molecule has 0 N–H and O–H groups in total. The molecule has 0 saturated carbocycles. The Bertz CT molecular complexity index is 1310. The van der Waals surface area contributed by atoms with Gasteiger partial charge in [-0.15, -0.1) is 0 Å². The molecular weight excluding hydrogens is 499 g/mol. The number of halogens is 2. The molecule has 1 aliphatic heterocycles. The topological polar surface area (TPSA) is 57.7 Å². The Morgan fingerprint density at radius 2 is 1.69 bits per heavy atom. The molecular formula is C28H30ClFN2O3S. The lowest BCUT2D eigenvalue weighted by Crippen LogP contribution is -2.44. The number of piperidine rings is 1. The number of sulfonamides is 1. The van der Waals surface area contributed by atoms with Crippen molar-refractivity contribution in [3.8, 4) is 0 Å². The van der Waals surface area contributed by atoms with Crippen molar-refractivity contribution in [2.45, 2.75) is 37.6 Å². The number of amides is 1. The van der Waals surface area contributed by atoms with Crippen molar-refractivity contribution < 1.29 is 17.6 Å². The molecule has 1 saturated heterocycles. The third kappa shape index (κ3) is 6.14. The van der Waals surface area contributed by atoms with Crippen LogP contribution in [-0.4, -0.2) is 43.2 Å². The van der Waals surface area contributed by atoms with Crippen LogP contribution in [0.25, 0.3) is 0 Å². The van der Waals surface area contributed by atoms with Crippen molar-refractivity contribution in [1.82, 2.24) is 9.21 Å². The predicted molar refractivity (Wildman–Crippen MR) is 140 cm³/mol. The quantitative estimate of drug-likeness (QED) is 0.390. The molecule has 1 amide bonds. The average molecular weight is 529 g/mol. The van der Waals surface area contributed by atoms with Crippen molar-refractivity contribution in [3.63, 3.8) is 0 Å². The number of carbonyl (C=O) groups is 1. The summed E-state index contributed by atoms with van der Waals surface area (Å²) in [4.78, 5) is 15.4. The maximum Gasteiger partial charge on any atom is 0.243 e.